The molecule has 200 valence electrons. The number of carbonyl (C=O) groups excluding carboxylic acids is 4. The molecule has 1 heterocycles. The van der Waals surface area contributed by atoms with Gasteiger partial charge in [-0.25, -0.2) is 8.42 Å². The van der Waals surface area contributed by atoms with Gasteiger partial charge in [0.25, 0.3) is 9.84 Å². The zero-order chi connectivity index (χ0) is 27.3. The Kier molecular flexibility index (Phi) is 9.79. The van der Waals surface area contributed by atoms with Crippen molar-refractivity contribution in [3.05, 3.63) is 30.3 Å². The maximum Gasteiger partial charge on any atom is 0.400 e. The molecule has 11 nitrogen and oxygen atoms in total. The van der Waals surface area contributed by atoms with Crippen LogP contribution >= 0.6 is 11.8 Å². The summed E-state index contributed by atoms with van der Waals surface area (Å²) in [5.74, 6) is -3.68. The fraction of sp³-hybridized carbons (Fsp3) is 0.524. The summed E-state index contributed by atoms with van der Waals surface area (Å²) in [6.45, 7) is 3.28. The third-order valence-electron chi connectivity index (χ3n) is 4.57. The number of carbonyl (C=O) groups is 4. The molecule has 0 saturated carbocycles. The van der Waals surface area contributed by atoms with Gasteiger partial charge < -0.3 is 23.7 Å². The fourth-order valence-electron chi connectivity index (χ4n) is 3.22. The lowest BCUT2D eigenvalue weighted by molar-refractivity contribution is -0.237. The van der Waals surface area contributed by atoms with Gasteiger partial charge in [-0.1, -0.05) is 18.2 Å². The van der Waals surface area contributed by atoms with Crippen molar-refractivity contribution in [2.24, 2.45) is 0 Å². The second kappa shape index (κ2) is 12.0. The third-order valence-corrected chi connectivity index (χ3v) is 7.92. The van der Waals surface area contributed by atoms with Crippen molar-refractivity contribution in [3.8, 4) is 0 Å². The molecule has 1 aromatic rings. The lowest BCUT2D eigenvalue weighted by atomic mass is 9.99. The lowest BCUT2D eigenvalue weighted by Crippen LogP contribution is -2.62. The van der Waals surface area contributed by atoms with Crippen molar-refractivity contribution in [3.63, 3.8) is 0 Å². The Bertz CT molecular complexity index is 1080. The van der Waals surface area contributed by atoms with E-state index in [4.69, 9.17) is 23.7 Å². The maximum atomic E-state index is 15.2. The third kappa shape index (κ3) is 7.36. The number of benzene rings is 1. The Morgan fingerprint density at radius 1 is 0.861 bits per heavy atom. The van der Waals surface area contributed by atoms with Crippen LogP contribution in [0.2, 0.25) is 0 Å². The van der Waals surface area contributed by atoms with Crippen LogP contribution < -0.4 is 0 Å². The first-order chi connectivity index (χ1) is 16.7. The number of thioether (sulfide) groups is 1. The van der Waals surface area contributed by atoms with Crippen LogP contribution in [0.1, 0.15) is 27.7 Å². The number of ether oxygens (including phenoxy) is 5. The average Bonchev–Trinajstić information content (AvgIpc) is 2.76. The average molecular weight is 555 g/mol. The van der Waals surface area contributed by atoms with E-state index in [0.717, 1.165) is 39.8 Å². The summed E-state index contributed by atoms with van der Waals surface area (Å²) < 4.78 is 77.0. The largest absolute Gasteiger partial charge is 0.463 e. The summed E-state index contributed by atoms with van der Waals surface area (Å²) in [6.07, 6.45) is -6.61. The molecule has 36 heavy (non-hydrogen) atoms. The van der Waals surface area contributed by atoms with Crippen molar-refractivity contribution in [2.75, 3.05) is 6.61 Å². The van der Waals surface area contributed by atoms with Gasteiger partial charge in [-0.05, 0) is 23.9 Å². The van der Waals surface area contributed by atoms with Gasteiger partial charge in [0.15, 0.2) is 23.7 Å². The van der Waals surface area contributed by atoms with Crippen molar-refractivity contribution >= 4 is 45.5 Å². The van der Waals surface area contributed by atoms with Crippen molar-refractivity contribution in [2.45, 2.75) is 67.0 Å². The molecular weight excluding hydrogens is 530 g/mol. The predicted octanol–water partition coefficient (Wildman–Crippen LogP) is 1.83. The summed E-state index contributed by atoms with van der Waals surface area (Å²) in [6, 6.07) is 5.88. The summed E-state index contributed by atoms with van der Waals surface area (Å²) in [7, 11) is -5.28. The van der Waals surface area contributed by atoms with Gasteiger partial charge in [-0.2, -0.15) is 8.78 Å². The number of hydrogen-bond acceptors (Lipinski definition) is 12. The van der Waals surface area contributed by atoms with E-state index in [0.29, 0.717) is 0 Å². The van der Waals surface area contributed by atoms with E-state index in [2.05, 4.69) is 0 Å². The summed E-state index contributed by atoms with van der Waals surface area (Å²) in [5, 5.41) is 0. The molecule has 0 radical (unpaired) electrons. The van der Waals surface area contributed by atoms with Gasteiger partial charge >= 0.3 is 28.5 Å². The SMILES string of the molecule is CC(=O)OC[C@H]1O[C@@H](SC(F)(F)S(=O)(=O)c2ccccc2)[C@H](OC(C)=O)[C@@H](OC(C)=O)[C@@H]1OC(C)=O. The molecule has 0 spiro atoms. The van der Waals surface area contributed by atoms with Crippen LogP contribution in [0.3, 0.4) is 0 Å². The zero-order valence-corrected chi connectivity index (χ0v) is 21.2. The van der Waals surface area contributed by atoms with Crippen molar-refractivity contribution in [1.82, 2.24) is 0 Å². The lowest BCUT2D eigenvalue weighted by Gasteiger charge is -2.44. The topological polar surface area (TPSA) is 149 Å². The highest BCUT2D eigenvalue weighted by Crippen LogP contribution is 2.46. The molecule has 0 N–H and O–H groups in total. The molecule has 5 atom stereocenters. The summed E-state index contributed by atoms with van der Waals surface area (Å²) in [4.78, 5) is 46.0. The molecule has 1 fully saturated rings. The van der Waals surface area contributed by atoms with E-state index in [-0.39, 0.29) is 0 Å². The molecule has 0 aliphatic carbocycles. The minimum Gasteiger partial charge on any atom is -0.463 e. The smallest absolute Gasteiger partial charge is 0.400 e. The first-order valence-corrected chi connectivity index (χ1v) is 12.7. The number of alkyl halides is 2. The van der Waals surface area contributed by atoms with E-state index in [1.807, 2.05) is 0 Å². The Morgan fingerprint density at radius 2 is 1.36 bits per heavy atom. The van der Waals surface area contributed by atoms with Crippen molar-refractivity contribution < 1.29 is 60.1 Å². The highest BCUT2D eigenvalue weighted by Gasteiger charge is 2.58. The number of hydrogen-bond donors (Lipinski definition) is 0. The molecule has 0 aromatic heterocycles. The molecule has 0 amide bonds. The van der Waals surface area contributed by atoms with Crippen molar-refractivity contribution in [1.29, 1.82) is 0 Å². The van der Waals surface area contributed by atoms with Crippen LogP contribution in [0, 0.1) is 0 Å². The van der Waals surface area contributed by atoms with E-state index >= 15 is 8.78 Å². The van der Waals surface area contributed by atoms with Gasteiger partial charge in [0, 0.05) is 27.7 Å². The molecule has 1 aliphatic heterocycles. The van der Waals surface area contributed by atoms with Crippen LogP contribution in [0.15, 0.2) is 35.2 Å². The van der Waals surface area contributed by atoms with Gasteiger partial charge in [0.05, 0.1) is 4.90 Å². The highest BCUT2D eigenvalue weighted by atomic mass is 32.3. The van der Waals surface area contributed by atoms with E-state index < -0.39 is 91.4 Å². The van der Waals surface area contributed by atoms with E-state index in [1.165, 1.54) is 18.2 Å². The number of sulfone groups is 1. The first kappa shape index (κ1) is 29.5. The van der Waals surface area contributed by atoms with E-state index in [9.17, 15) is 27.6 Å². The summed E-state index contributed by atoms with van der Waals surface area (Å²) in [5.41, 5.74) is -1.97. The zero-order valence-electron chi connectivity index (χ0n) is 19.5. The number of halogens is 2. The molecular formula is C21H24F2O11S2. The highest BCUT2D eigenvalue weighted by molar-refractivity contribution is 8.14. The monoisotopic (exact) mass is 554 g/mol. The predicted molar refractivity (Wildman–Crippen MR) is 118 cm³/mol. The van der Waals surface area contributed by atoms with E-state index in [1.54, 1.807) is 0 Å². The molecule has 1 aliphatic rings. The normalized spacial score (nSPS) is 24.3. The van der Waals surface area contributed by atoms with Gasteiger partial charge in [-0.3, -0.25) is 19.2 Å². The molecule has 0 unspecified atom stereocenters. The van der Waals surface area contributed by atoms with Crippen LogP contribution in [-0.4, -0.2) is 73.3 Å². The van der Waals surface area contributed by atoms with Crippen LogP contribution in [-0.2, 0) is 52.7 Å². The van der Waals surface area contributed by atoms with Gasteiger partial charge in [0.2, 0.25) is 0 Å². The van der Waals surface area contributed by atoms with Crippen LogP contribution in [0.5, 0.6) is 0 Å². The second-order valence-corrected chi connectivity index (χ2v) is 10.9. The quantitative estimate of drug-likeness (QED) is 0.324. The standard InChI is InChI=1S/C21H24F2O11S2/c1-11(24)30-10-16-17(31-12(2)25)18(32-13(3)26)19(33-14(4)27)20(34-16)35-21(22,23)36(28,29)15-8-6-5-7-9-15/h5-9,16-20H,10H2,1-4H3/t16-,17-,18+,19-,20+/m1/s1. The Balaban J connectivity index is 2.54. The Labute approximate surface area is 209 Å². The molecule has 15 heteroatoms. The molecule has 1 saturated heterocycles. The Morgan fingerprint density at radius 3 is 1.86 bits per heavy atom. The molecule has 0 bridgehead atoms. The second-order valence-electron chi connectivity index (χ2n) is 7.47. The Hall–Kier alpha value is -2.78. The minimum absolute atomic E-state index is 0.529. The van der Waals surface area contributed by atoms with Crippen LogP contribution in [0.4, 0.5) is 8.78 Å². The van der Waals surface area contributed by atoms with Gasteiger partial charge in [0.1, 0.15) is 12.7 Å². The summed E-state index contributed by atoms with van der Waals surface area (Å²) >= 11 is -0.529. The molecule has 1 aromatic carbocycles. The number of esters is 4. The van der Waals surface area contributed by atoms with Gasteiger partial charge in [-0.15, -0.1) is 0 Å². The fourth-order valence-corrected chi connectivity index (χ4v) is 5.90. The maximum absolute atomic E-state index is 15.2. The van der Waals surface area contributed by atoms with Crippen LogP contribution in [0.25, 0.3) is 0 Å². The first-order valence-electron chi connectivity index (χ1n) is 10.3. The number of rotatable bonds is 9. The molecule has 2 rings (SSSR count). The minimum atomic E-state index is -5.28.